The zero-order valence-corrected chi connectivity index (χ0v) is 12.0. The second kappa shape index (κ2) is 8.92. The number of carbonyl (C=O) groups excluding carboxylic acids is 1. The standard InChI is InChI=1S/C12H21N5O3/c1-4-13-11-10(20-3)12(17-8-16-11)15-7-9(18)14-5-6-19-2/h8H,4-7H2,1-3H3,(H,14,18)(H2,13,15,16,17). The van der Waals surface area contributed by atoms with E-state index < -0.39 is 0 Å². The molecule has 0 bridgehead atoms. The highest BCUT2D eigenvalue weighted by molar-refractivity contribution is 5.81. The quantitative estimate of drug-likeness (QED) is 0.553. The van der Waals surface area contributed by atoms with Gasteiger partial charge in [0.25, 0.3) is 0 Å². The van der Waals surface area contributed by atoms with Crippen molar-refractivity contribution in [2.75, 3.05) is 51.1 Å². The first-order valence-corrected chi connectivity index (χ1v) is 6.35. The number of nitrogens with zero attached hydrogens (tertiary/aromatic N) is 2. The molecule has 1 amide bonds. The molecule has 20 heavy (non-hydrogen) atoms. The summed E-state index contributed by atoms with van der Waals surface area (Å²) < 4.78 is 10.1. The van der Waals surface area contributed by atoms with Crippen LogP contribution in [0.25, 0.3) is 0 Å². The Labute approximate surface area is 118 Å². The third kappa shape index (κ3) is 4.88. The maximum atomic E-state index is 11.6. The molecule has 0 saturated heterocycles. The fourth-order valence-corrected chi connectivity index (χ4v) is 1.51. The first-order chi connectivity index (χ1) is 9.72. The molecule has 8 heteroatoms. The monoisotopic (exact) mass is 283 g/mol. The molecule has 112 valence electrons. The van der Waals surface area contributed by atoms with Crippen molar-refractivity contribution in [2.45, 2.75) is 6.92 Å². The Hall–Kier alpha value is -2.09. The normalized spacial score (nSPS) is 9.95. The molecule has 1 rings (SSSR count). The largest absolute Gasteiger partial charge is 0.490 e. The molecular formula is C12H21N5O3. The molecule has 0 fully saturated rings. The Morgan fingerprint density at radius 2 is 1.95 bits per heavy atom. The Balaban J connectivity index is 2.58. The van der Waals surface area contributed by atoms with Crippen LogP contribution < -0.4 is 20.7 Å². The van der Waals surface area contributed by atoms with Crippen molar-refractivity contribution >= 4 is 17.5 Å². The van der Waals surface area contributed by atoms with Gasteiger partial charge in [0.15, 0.2) is 11.6 Å². The summed E-state index contributed by atoms with van der Waals surface area (Å²) in [4.78, 5) is 19.7. The zero-order chi connectivity index (χ0) is 14.8. The summed E-state index contributed by atoms with van der Waals surface area (Å²) in [6.07, 6.45) is 1.41. The van der Waals surface area contributed by atoms with Crippen LogP contribution in [0.15, 0.2) is 6.33 Å². The summed E-state index contributed by atoms with van der Waals surface area (Å²) in [6, 6.07) is 0. The Morgan fingerprint density at radius 1 is 1.25 bits per heavy atom. The molecular weight excluding hydrogens is 262 g/mol. The van der Waals surface area contributed by atoms with Gasteiger partial charge >= 0.3 is 0 Å². The lowest BCUT2D eigenvalue weighted by atomic mass is 10.4. The van der Waals surface area contributed by atoms with Gasteiger partial charge < -0.3 is 25.4 Å². The van der Waals surface area contributed by atoms with Crippen molar-refractivity contribution in [2.24, 2.45) is 0 Å². The van der Waals surface area contributed by atoms with Crippen LogP contribution in [0.1, 0.15) is 6.92 Å². The maximum Gasteiger partial charge on any atom is 0.239 e. The van der Waals surface area contributed by atoms with Crippen LogP contribution in [0.2, 0.25) is 0 Å². The van der Waals surface area contributed by atoms with Crippen LogP contribution in [-0.2, 0) is 9.53 Å². The Bertz CT molecular complexity index is 428. The number of carbonyl (C=O) groups is 1. The number of hydrogen-bond acceptors (Lipinski definition) is 7. The van der Waals surface area contributed by atoms with Crippen molar-refractivity contribution in [3.05, 3.63) is 6.33 Å². The van der Waals surface area contributed by atoms with Gasteiger partial charge in [0.2, 0.25) is 11.7 Å². The zero-order valence-electron chi connectivity index (χ0n) is 12.0. The third-order valence-electron chi connectivity index (χ3n) is 2.40. The summed E-state index contributed by atoms with van der Waals surface area (Å²) >= 11 is 0. The van der Waals surface area contributed by atoms with E-state index in [1.807, 2.05) is 6.92 Å². The molecule has 3 N–H and O–H groups in total. The van der Waals surface area contributed by atoms with Gasteiger partial charge in [-0.25, -0.2) is 9.97 Å². The Kier molecular flexibility index (Phi) is 7.12. The molecule has 0 aromatic carbocycles. The fraction of sp³-hybridized carbons (Fsp3) is 0.583. The molecule has 0 aliphatic heterocycles. The maximum absolute atomic E-state index is 11.6. The van der Waals surface area contributed by atoms with Crippen molar-refractivity contribution in [1.29, 1.82) is 0 Å². The van der Waals surface area contributed by atoms with Gasteiger partial charge in [-0.05, 0) is 6.92 Å². The summed E-state index contributed by atoms with van der Waals surface area (Å²) in [5, 5.41) is 8.69. The van der Waals surface area contributed by atoms with Crippen LogP contribution in [0, 0.1) is 0 Å². The molecule has 0 aliphatic rings. The van der Waals surface area contributed by atoms with Crippen molar-refractivity contribution < 1.29 is 14.3 Å². The van der Waals surface area contributed by atoms with Crippen LogP contribution in [-0.4, -0.2) is 56.3 Å². The van der Waals surface area contributed by atoms with Gasteiger partial charge in [0, 0.05) is 20.2 Å². The first-order valence-electron chi connectivity index (χ1n) is 6.35. The lowest BCUT2D eigenvalue weighted by Gasteiger charge is -2.13. The van der Waals surface area contributed by atoms with Crippen LogP contribution >= 0.6 is 0 Å². The average Bonchev–Trinajstić information content (AvgIpc) is 2.46. The molecule has 0 saturated carbocycles. The first kappa shape index (κ1) is 16.0. The molecule has 0 atom stereocenters. The van der Waals surface area contributed by atoms with E-state index in [2.05, 4.69) is 25.9 Å². The number of amides is 1. The Morgan fingerprint density at radius 3 is 2.55 bits per heavy atom. The number of rotatable bonds is 9. The van der Waals surface area contributed by atoms with Gasteiger partial charge in [-0.15, -0.1) is 0 Å². The molecule has 0 aliphatic carbocycles. The highest BCUT2D eigenvalue weighted by Gasteiger charge is 2.12. The van der Waals surface area contributed by atoms with E-state index in [0.29, 0.717) is 37.1 Å². The van der Waals surface area contributed by atoms with E-state index in [0.717, 1.165) is 0 Å². The number of ether oxygens (including phenoxy) is 2. The molecule has 1 aromatic heterocycles. The minimum Gasteiger partial charge on any atom is -0.490 e. The predicted octanol–water partition coefficient (Wildman–Crippen LogP) is 0.0915. The van der Waals surface area contributed by atoms with Gasteiger partial charge in [0.05, 0.1) is 20.3 Å². The second-order valence-corrected chi connectivity index (χ2v) is 3.83. The van der Waals surface area contributed by atoms with Gasteiger partial charge in [0.1, 0.15) is 6.33 Å². The van der Waals surface area contributed by atoms with Crippen molar-refractivity contribution in [3.63, 3.8) is 0 Å². The van der Waals surface area contributed by atoms with E-state index in [4.69, 9.17) is 9.47 Å². The van der Waals surface area contributed by atoms with E-state index in [-0.39, 0.29) is 12.5 Å². The van der Waals surface area contributed by atoms with Crippen molar-refractivity contribution in [3.8, 4) is 5.75 Å². The third-order valence-corrected chi connectivity index (χ3v) is 2.40. The van der Waals surface area contributed by atoms with Gasteiger partial charge in [-0.1, -0.05) is 0 Å². The van der Waals surface area contributed by atoms with E-state index in [9.17, 15) is 4.79 Å². The number of methoxy groups -OCH3 is 2. The predicted molar refractivity (Wildman–Crippen MR) is 76.1 cm³/mol. The fourth-order valence-electron chi connectivity index (χ4n) is 1.51. The molecule has 0 unspecified atom stereocenters. The summed E-state index contributed by atoms with van der Waals surface area (Å²) in [5.74, 6) is 1.40. The summed E-state index contributed by atoms with van der Waals surface area (Å²) in [7, 11) is 3.11. The van der Waals surface area contributed by atoms with Crippen LogP contribution in [0.3, 0.4) is 0 Å². The highest BCUT2D eigenvalue weighted by Crippen LogP contribution is 2.28. The second-order valence-electron chi connectivity index (χ2n) is 3.83. The average molecular weight is 283 g/mol. The topological polar surface area (TPSA) is 97.4 Å². The number of hydrogen-bond donors (Lipinski definition) is 3. The molecule has 8 nitrogen and oxygen atoms in total. The summed E-state index contributed by atoms with van der Waals surface area (Å²) in [5.41, 5.74) is 0. The molecule has 0 radical (unpaired) electrons. The van der Waals surface area contributed by atoms with E-state index in [1.54, 1.807) is 7.11 Å². The minimum atomic E-state index is -0.146. The number of aromatic nitrogens is 2. The lowest BCUT2D eigenvalue weighted by Crippen LogP contribution is -2.32. The molecule has 1 aromatic rings. The number of nitrogens with one attached hydrogen (secondary N) is 3. The van der Waals surface area contributed by atoms with Gasteiger partial charge in [-0.2, -0.15) is 0 Å². The van der Waals surface area contributed by atoms with E-state index in [1.165, 1.54) is 13.4 Å². The molecule has 1 heterocycles. The van der Waals surface area contributed by atoms with Crippen LogP contribution in [0.5, 0.6) is 5.75 Å². The van der Waals surface area contributed by atoms with Crippen molar-refractivity contribution in [1.82, 2.24) is 15.3 Å². The SMILES string of the molecule is CCNc1ncnc(NCC(=O)NCCOC)c1OC. The van der Waals surface area contributed by atoms with Crippen LogP contribution in [0.4, 0.5) is 11.6 Å². The van der Waals surface area contributed by atoms with Gasteiger partial charge in [-0.3, -0.25) is 4.79 Å². The summed E-state index contributed by atoms with van der Waals surface area (Å²) in [6.45, 7) is 3.72. The smallest absolute Gasteiger partial charge is 0.239 e. The molecule has 0 spiro atoms. The van der Waals surface area contributed by atoms with E-state index >= 15 is 0 Å². The lowest BCUT2D eigenvalue weighted by molar-refractivity contribution is -0.119. The highest BCUT2D eigenvalue weighted by atomic mass is 16.5. The number of anilines is 2. The minimum absolute atomic E-state index is 0.0999.